The van der Waals surface area contributed by atoms with E-state index in [4.69, 9.17) is 0 Å². The molecule has 1 heterocycles. The molecule has 0 spiro atoms. The molecule has 1 aliphatic heterocycles. The SMILES string of the molecule is CC(Cc1c(F)cccc1F)NC(=O)C1CSCN1. The van der Waals surface area contributed by atoms with Crippen molar-refractivity contribution in [3.63, 3.8) is 0 Å². The van der Waals surface area contributed by atoms with Crippen LogP contribution in [0.25, 0.3) is 0 Å². The monoisotopic (exact) mass is 286 g/mol. The fourth-order valence-electron chi connectivity index (χ4n) is 1.99. The fraction of sp³-hybridized carbons (Fsp3) is 0.462. The van der Waals surface area contributed by atoms with E-state index in [1.165, 1.54) is 18.2 Å². The van der Waals surface area contributed by atoms with Crippen LogP contribution in [0.3, 0.4) is 0 Å². The third-order valence-corrected chi connectivity index (χ3v) is 3.93. The molecule has 0 aromatic heterocycles. The van der Waals surface area contributed by atoms with Crippen molar-refractivity contribution in [2.45, 2.75) is 25.4 Å². The summed E-state index contributed by atoms with van der Waals surface area (Å²) >= 11 is 1.65. The van der Waals surface area contributed by atoms with E-state index in [-0.39, 0.29) is 30.0 Å². The fourth-order valence-corrected chi connectivity index (χ4v) is 2.93. The number of amides is 1. The van der Waals surface area contributed by atoms with Crippen LogP contribution in [0, 0.1) is 11.6 Å². The van der Waals surface area contributed by atoms with Gasteiger partial charge in [0.1, 0.15) is 11.6 Å². The highest BCUT2D eigenvalue weighted by atomic mass is 32.2. The highest BCUT2D eigenvalue weighted by molar-refractivity contribution is 7.99. The molecular formula is C13H16F2N2OS. The Balaban J connectivity index is 1.93. The van der Waals surface area contributed by atoms with Crippen molar-refractivity contribution < 1.29 is 13.6 Å². The minimum Gasteiger partial charge on any atom is -0.352 e. The Labute approximate surface area is 115 Å². The van der Waals surface area contributed by atoms with Gasteiger partial charge in [0, 0.05) is 23.2 Å². The summed E-state index contributed by atoms with van der Waals surface area (Å²) in [4.78, 5) is 11.8. The number of halogens is 2. The predicted molar refractivity (Wildman–Crippen MR) is 71.9 cm³/mol. The van der Waals surface area contributed by atoms with Gasteiger partial charge in [-0.3, -0.25) is 10.1 Å². The van der Waals surface area contributed by atoms with Crippen LogP contribution in [0.4, 0.5) is 8.78 Å². The van der Waals surface area contributed by atoms with Crippen molar-refractivity contribution >= 4 is 17.7 Å². The average Bonchev–Trinajstić information content (AvgIpc) is 2.88. The number of thioether (sulfide) groups is 1. The van der Waals surface area contributed by atoms with Crippen molar-refractivity contribution in [3.8, 4) is 0 Å². The van der Waals surface area contributed by atoms with Crippen LogP contribution >= 0.6 is 11.8 Å². The summed E-state index contributed by atoms with van der Waals surface area (Å²) in [5.74, 6) is 0.224. The number of hydrogen-bond donors (Lipinski definition) is 2. The Morgan fingerprint density at radius 2 is 2.21 bits per heavy atom. The lowest BCUT2D eigenvalue weighted by Crippen LogP contribution is -2.46. The standard InChI is InChI=1S/C13H16F2N2OS/c1-8(17-13(18)12-6-19-7-16-12)5-9-10(14)3-2-4-11(9)15/h2-4,8,12,16H,5-7H2,1H3,(H,17,18). The van der Waals surface area contributed by atoms with Gasteiger partial charge in [0.05, 0.1) is 6.04 Å². The zero-order valence-electron chi connectivity index (χ0n) is 10.6. The van der Waals surface area contributed by atoms with Crippen molar-refractivity contribution in [1.29, 1.82) is 0 Å². The van der Waals surface area contributed by atoms with E-state index in [0.717, 1.165) is 11.6 Å². The van der Waals surface area contributed by atoms with E-state index in [0.29, 0.717) is 0 Å². The van der Waals surface area contributed by atoms with E-state index in [2.05, 4.69) is 10.6 Å². The highest BCUT2D eigenvalue weighted by Gasteiger charge is 2.24. The third-order valence-electron chi connectivity index (χ3n) is 2.99. The number of carbonyl (C=O) groups excluding carboxylic acids is 1. The molecule has 1 aromatic carbocycles. The first-order chi connectivity index (χ1) is 9.08. The molecule has 19 heavy (non-hydrogen) atoms. The number of nitrogens with one attached hydrogen (secondary N) is 2. The lowest BCUT2D eigenvalue weighted by atomic mass is 10.1. The molecule has 1 saturated heterocycles. The highest BCUT2D eigenvalue weighted by Crippen LogP contribution is 2.15. The summed E-state index contributed by atoms with van der Waals surface area (Å²) in [5.41, 5.74) is 0.0176. The Morgan fingerprint density at radius 3 is 2.79 bits per heavy atom. The molecule has 2 atom stereocenters. The van der Waals surface area contributed by atoms with Crippen LogP contribution in [0.5, 0.6) is 0 Å². The Morgan fingerprint density at radius 1 is 1.53 bits per heavy atom. The van der Waals surface area contributed by atoms with Gasteiger partial charge < -0.3 is 5.32 Å². The number of carbonyl (C=O) groups is 1. The molecule has 1 aromatic rings. The first-order valence-corrected chi connectivity index (χ1v) is 7.28. The summed E-state index contributed by atoms with van der Waals surface area (Å²) in [6, 6.07) is 3.26. The molecule has 3 nitrogen and oxygen atoms in total. The lowest BCUT2D eigenvalue weighted by Gasteiger charge is -2.17. The second-order valence-electron chi connectivity index (χ2n) is 4.59. The molecule has 2 rings (SSSR count). The molecule has 1 aliphatic rings. The molecular weight excluding hydrogens is 270 g/mol. The van der Waals surface area contributed by atoms with Crippen LogP contribution in [-0.4, -0.2) is 29.6 Å². The van der Waals surface area contributed by atoms with Gasteiger partial charge in [0.25, 0.3) is 0 Å². The molecule has 0 saturated carbocycles. The Hall–Kier alpha value is -1.14. The van der Waals surface area contributed by atoms with Crippen molar-refractivity contribution in [1.82, 2.24) is 10.6 Å². The molecule has 2 unspecified atom stereocenters. The minimum absolute atomic E-state index is 0.0176. The minimum atomic E-state index is -0.573. The van der Waals surface area contributed by atoms with Crippen molar-refractivity contribution in [2.75, 3.05) is 11.6 Å². The summed E-state index contributed by atoms with van der Waals surface area (Å²) in [6.45, 7) is 1.74. The second-order valence-corrected chi connectivity index (χ2v) is 5.62. The molecule has 0 bridgehead atoms. The van der Waals surface area contributed by atoms with Gasteiger partial charge in [-0.2, -0.15) is 0 Å². The second kappa shape index (κ2) is 6.34. The van der Waals surface area contributed by atoms with Gasteiger partial charge >= 0.3 is 0 Å². The first kappa shape index (κ1) is 14.3. The van der Waals surface area contributed by atoms with Crippen molar-refractivity contribution in [3.05, 3.63) is 35.4 Å². The lowest BCUT2D eigenvalue weighted by molar-refractivity contribution is -0.123. The molecule has 1 amide bonds. The molecule has 0 radical (unpaired) electrons. The van der Waals surface area contributed by atoms with Gasteiger partial charge in [0.2, 0.25) is 5.91 Å². The molecule has 2 N–H and O–H groups in total. The molecule has 1 fully saturated rings. The van der Waals surface area contributed by atoms with Gasteiger partial charge in [-0.05, 0) is 25.5 Å². The smallest absolute Gasteiger partial charge is 0.238 e. The van der Waals surface area contributed by atoms with E-state index in [1.807, 2.05) is 0 Å². The molecule has 0 aliphatic carbocycles. The Kier molecular flexibility index (Phi) is 4.76. The normalized spacial score (nSPS) is 20.3. The zero-order valence-corrected chi connectivity index (χ0v) is 11.4. The summed E-state index contributed by atoms with van der Waals surface area (Å²) in [6.07, 6.45) is 0.143. The van der Waals surface area contributed by atoms with E-state index >= 15 is 0 Å². The quantitative estimate of drug-likeness (QED) is 0.885. The predicted octanol–water partition coefficient (Wildman–Crippen LogP) is 1.67. The molecule has 6 heteroatoms. The first-order valence-electron chi connectivity index (χ1n) is 6.12. The van der Waals surface area contributed by atoms with E-state index in [1.54, 1.807) is 18.7 Å². The van der Waals surface area contributed by atoms with Gasteiger partial charge in [-0.25, -0.2) is 8.78 Å². The zero-order chi connectivity index (χ0) is 13.8. The van der Waals surface area contributed by atoms with E-state index < -0.39 is 11.6 Å². The largest absolute Gasteiger partial charge is 0.352 e. The Bertz CT molecular complexity index is 444. The van der Waals surface area contributed by atoms with Gasteiger partial charge in [-0.1, -0.05) is 6.07 Å². The van der Waals surface area contributed by atoms with Gasteiger partial charge in [-0.15, -0.1) is 11.8 Å². The average molecular weight is 286 g/mol. The summed E-state index contributed by atoms with van der Waals surface area (Å²) in [7, 11) is 0. The van der Waals surface area contributed by atoms with Crippen LogP contribution in [0.15, 0.2) is 18.2 Å². The van der Waals surface area contributed by atoms with Crippen LogP contribution in [-0.2, 0) is 11.2 Å². The van der Waals surface area contributed by atoms with E-state index in [9.17, 15) is 13.6 Å². The van der Waals surface area contributed by atoms with Crippen LogP contribution < -0.4 is 10.6 Å². The number of hydrogen-bond acceptors (Lipinski definition) is 3. The van der Waals surface area contributed by atoms with Crippen molar-refractivity contribution in [2.24, 2.45) is 0 Å². The molecule has 104 valence electrons. The van der Waals surface area contributed by atoms with Crippen LogP contribution in [0.2, 0.25) is 0 Å². The maximum absolute atomic E-state index is 13.5. The maximum atomic E-state index is 13.5. The summed E-state index contributed by atoms with van der Waals surface area (Å²) in [5, 5.41) is 5.83. The number of rotatable bonds is 4. The maximum Gasteiger partial charge on any atom is 0.238 e. The number of benzene rings is 1. The topological polar surface area (TPSA) is 41.1 Å². The summed E-state index contributed by atoms with van der Waals surface area (Å²) < 4.78 is 27.0. The van der Waals surface area contributed by atoms with Crippen LogP contribution in [0.1, 0.15) is 12.5 Å². The third kappa shape index (κ3) is 3.67. The van der Waals surface area contributed by atoms with Gasteiger partial charge in [0.15, 0.2) is 0 Å².